The average Bonchev–Trinajstić information content (AvgIpc) is 2.72. The molecule has 1 heterocycles. The fourth-order valence-corrected chi connectivity index (χ4v) is 3.79. The molecule has 1 saturated heterocycles. The molecule has 0 amide bonds. The second-order valence-corrected chi connectivity index (χ2v) is 9.01. The molecule has 0 bridgehead atoms. The van der Waals surface area contributed by atoms with Crippen LogP contribution in [0.4, 0.5) is 0 Å². The first kappa shape index (κ1) is 19.5. The smallest absolute Gasteiger partial charge is 0.312 e. The lowest BCUT2D eigenvalue weighted by Gasteiger charge is -2.46. The molecular weight excluding hydrogens is 272 g/mol. The molecule has 2 nitrogen and oxygen atoms in total. The van der Waals surface area contributed by atoms with Gasteiger partial charge in [0.2, 0.25) is 0 Å². The zero-order chi connectivity index (χ0) is 17.2. The minimum atomic E-state index is -0.166. The van der Waals surface area contributed by atoms with Gasteiger partial charge in [-0.25, -0.2) is 0 Å². The van der Waals surface area contributed by atoms with Gasteiger partial charge in [-0.05, 0) is 36.5 Å². The molecule has 2 aliphatic rings. The Labute approximate surface area is 138 Å². The van der Waals surface area contributed by atoms with E-state index in [0.29, 0.717) is 11.3 Å². The molecule has 0 N–H and O–H groups in total. The molecule has 0 aromatic rings. The van der Waals surface area contributed by atoms with E-state index in [1.165, 1.54) is 25.7 Å². The van der Waals surface area contributed by atoms with E-state index in [1.54, 1.807) is 0 Å². The monoisotopic (exact) mass is 310 g/mol. The third-order valence-electron chi connectivity index (χ3n) is 6.73. The maximum absolute atomic E-state index is 12.0. The molecular formula is C20H38O2. The number of carbonyl (C=O) groups is 1. The van der Waals surface area contributed by atoms with Crippen molar-refractivity contribution in [2.24, 2.45) is 22.2 Å². The van der Waals surface area contributed by atoms with Crippen molar-refractivity contribution in [2.45, 2.75) is 100 Å². The van der Waals surface area contributed by atoms with Crippen molar-refractivity contribution in [3.63, 3.8) is 0 Å². The maximum atomic E-state index is 12.0. The Morgan fingerprint density at radius 2 is 1.68 bits per heavy atom. The average molecular weight is 311 g/mol. The van der Waals surface area contributed by atoms with Crippen LogP contribution < -0.4 is 0 Å². The van der Waals surface area contributed by atoms with E-state index in [1.807, 2.05) is 6.92 Å². The van der Waals surface area contributed by atoms with E-state index in [9.17, 15) is 4.79 Å². The molecule has 1 aliphatic carbocycles. The largest absolute Gasteiger partial charge is 0.462 e. The molecule has 3 unspecified atom stereocenters. The molecule has 1 spiro atoms. The highest BCUT2D eigenvalue weighted by atomic mass is 16.6. The zero-order valence-electron chi connectivity index (χ0n) is 16.2. The van der Waals surface area contributed by atoms with Crippen LogP contribution >= 0.6 is 0 Å². The fraction of sp³-hybridized carbons (Fsp3) is 0.950. The van der Waals surface area contributed by atoms with Crippen LogP contribution in [0.5, 0.6) is 0 Å². The number of carbonyl (C=O) groups excluding carboxylic acids is 1. The molecule has 2 rings (SSSR count). The minimum Gasteiger partial charge on any atom is -0.462 e. The van der Waals surface area contributed by atoms with Gasteiger partial charge in [-0.1, -0.05) is 67.7 Å². The van der Waals surface area contributed by atoms with Crippen LogP contribution in [-0.4, -0.2) is 12.1 Å². The van der Waals surface area contributed by atoms with Gasteiger partial charge < -0.3 is 4.74 Å². The Morgan fingerprint density at radius 3 is 2.05 bits per heavy atom. The molecule has 130 valence electrons. The molecule has 2 heteroatoms. The highest BCUT2D eigenvalue weighted by molar-refractivity contribution is 5.79. The standard InChI is InChI=1S/C13H22O2.C7H16/c1-9-8-13(11(14)15-9)7-5-6-12(3,4)10(13)2;1-5-7(3,4)6-2/h9-10H,5-8H2,1-4H3;5-6H2,1-4H3. The van der Waals surface area contributed by atoms with Gasteiger partial charge in [0.15, 0.2) is 0 Å². The number of rotatable bonds is 2. The van der Waals surface area contributed by atoms with Gasteiger partial charge >= 0.3 is 5.97 Å². The Morgan fingerprint density at radius 1 is 1.14 bits per heavy atom. The van der Waals surface area contributed by atoms with Crippen molar-refractivity contribution in [1.82, 2.24) is 0 Å². The van der Waals surface area contributed by atoms with Crippen molar-refractivity contribution in [3.05, 3.63) is 0 Å². The molecule has 22 heavy (non-hydrogen) atoms. The van der Waals surface area contributed by atoms with Crippen molar-refractivity contribution >= 4 is 5.97 Å². The van der Waals surface area contributed by atoms with E-state index in [0.717, 1.165) is 12.8 Å². The van der Waals surface area contributed by atoms with E-state index < -0.39 is 0 Å². The molecule has 0 aromatic heterocycles. The highest BCUT2D eigenvalue weighted by Gasteiger charge is 2.56. The van der Waals surface area contributed by atoms with Crippen molar-refractivity contribution < 1.29 is 9.53 Å². The minimum absolute atomic E-state index is 0.0651. The van der Waals surface area contributed by atoms with Crippen molar-refractivity contribution in [1.29, 1.82) is 0 Å². The molecule has 1 aliphatic heterocycles. The lowest BCUT2D eigenvalue weighted by Crippen LogP contribution is -2.45. The van der Waals surface area contributed by atoms with Crippen LogP contribution in [0.15, 0.2) is 0 Å². The van der Waals surface area contributed by atoms with Crippen molar-refractivity contribution in [3.8, 4) is 0 Å². The van der Waals surface area contributed by atoms with Crippen LogP contribution in [-0.2, 0) is 9.53 Å². The van der Waals surface area contributed by atoms with Crippen LogP contribution in [0, 0.1) is 22.2 Å². The summed E-state index contributed by atoms with van der Waals surface area (Å²) in [4.78, 5) is 12.0. The summed E-state index contributed by atoms with van der Waals surface area (Å²) in [6.45, 7) is 17.9. The summed E-state index contributed by atoms with van der Waals surface area (Å²) in [5, 5.41) is 0. The van der Waals surface area contributed by atoms with Crippen LogP contribution in [0.2, 0.25) is 0 Å². The van der Waals surface area contributed by atoms with Crippen LogP contribution in [0.3, 0.4) is 0 Å². The van der Waals surface area contributed by atoms with E-state index in [2.05, 4.69) is 48.5 Å². The number of hydrogen-bond donors (Lipinski definition) is 0. The fourth-order valence-electron chi connectivity index (χ4n) is 3.79. The van der Waals surface area contributed by atoms with Gasteiger partial charge in [0.05, 0.1) is 5.41 Å². The quantitative estimate of drug-likeness (QED) is 0.586. The first-order chi connectivity index (χ1) is 10.0. The van der Waals surface area contributed by atoms with Gasteiger partial charge in [0.25, 0.3) is 0 Å². The van der Waals surface area contributed by atoms with Crippen LogP contribution in [0.25, 0.3) is 0 Å². The lowest BCUT2D eigenvalue weighted by molar-refractivity contribution is -0.155. The van der Waals surface area contributed by atoms with Gasteiger partial charge in [-0.2, -0.15) is 0 Å². The number of cyclic esters (lactones) is 1. The molecule has 2 fully saturated rings. The Hall–Kier alpha value is -0.530. The van der Waals surface area contributed by atoms with Gasteiger partial charge in [-0.15, -0.1) is 0 Å². The third kappa shape index (κ3) is 4.06. The Kier molecular flexibility index (Phi) is 6.14. The SMILES string of the molecule is CC1CC2(CCCC(C)(C)C2C)C(=O)O1.CCC(C)(C)CC. The predicted molar refractivity (Wildman–Crippen MR) is 93.8 cm³/mol. The van der Waals surface area contributed by atoms with E-state index in [-0.39, 0.29) is 22.9 Å². The first-order valence-electron chi connectivity index (χ1n) is 9.22. The molecule has 3 atom stereocenters. The lowest BCUT2D eigenvalue weighted by atomic mass is 9.55. The van der Waals surface area contributed by atoms with Crippen molar-refractivity contribution in [2.75, 3.05) is 0 Å². The topological polar surface area (TPSA) is 26.3 Å². The van der Waals surface area contributed by atoms with E-state index in [4.69, 9.17) is 4.74 Å². The Balaban J connectivity index is 0.000000295. The summed E-state index contributed by atoms with van der Waals surface area (Å²) in [6, 6.07) is 0. The third-order valence-corrected chi connectivity index (χ3v) is 6.73. The summed E-state index contributed by atoms with van der Waals surface area (Å²) < 4.78 is 5.38. The maximum Gasteiger partial charge on any atom is 0.312 e. The first-order valence-corrected chi connectivity index (χ1v) is 9.22. The summed E-state index contributed by atoms with van der Waals surface area (Å²) in [6.07, 6.45) is 7.06. The number of hydrogen-bond acceptors (Lipinski definition) is 2. The molecule has 1 saturated carbocycles. The molecule has 0 radical (unpaired) electrons. The van der Waals surface area contributed by atoms with Crippen LogP contribution in [0.1, 0.15) is 93.9 Å². The number of ether oxygens (including phenoxy) is 1. The van der Waals surface area contributed by atoms with Gasteiger partial charge in [0, 0.05) is 6.42 Å². The Bertz CT molecular complexity index is 377. The summed E-state index contributed by atoms with van der Waals surface area (Å²) in [7, 11) is 0. The number of esters is 1. The van der Waals surface area contributed by atoms with E-state index >= 15 is 0 Å². The summed E-state index contributed by atoms with van der Waals surface area (Å²) in [5.74, 6) is 0.506. The zero-order valence-corrected chi connectivity index (χ0v) is 16.2. The molecule has 0 aromatic carbocycles. The normalized spacial score (nSPS) is 34.1. The summed E-state index contributed by atoms with van der Waals surface area (Å²) in [5.41, 5.74) is 0.697. The van der Waals surface area contributed by atoms with Gasteiger partial charge in [-0.3, -0.25) is 4.79 Å². The van der Waals surface area contributed by atoms with Gasteiger partial charge in [0.1, 0.15) is 6.10 Å². The second-order valence-electron chi connectivity index (χ2n) is 9.01. The second kappa shape index (κ2) is 6.93. The summed E-state index contributed by atoms with van der Waals surface area (Å²) >= 11 is 0. The predicted octanol–water partition coefficient (Wildman–Crippen LogP) is 5.99. The highest BCUT2D eigenvalue weighted by Crippen LogP contribution is 2.56.